The number of hydrogen-bond acceptors (Lipinski definition) is 6. The van der Waals surface area contributed by atoms with Crippen molar-refractivity contribution in [1.82, 2.24) is 25.3 Å². The fourth-order valence-corrected chi connectivity index (χ4v) is 5.34. The molecule has 0 saturated carbocycles. The molecular weight excluding hydrogens is 434 g/mol. The van der Waals surface area contributed by atoms with Crippen LogP contribution in [0, 0.1) is 12.8 Å². The first-order valence-electron chi connectivity index (χ1n) is 11.4. The summed E-state index contributed by atoms with van der Waals surface area (Å²) in [6.07, 6.45) is 5.54. The molecular formula is C25H29N5O2S. The van der Waals surface area contributed by atoms with E-state index in [-0.39, 0.29) is 18.0 Å². The zero-order chi connectivity index (χ0) is 22.9. The van der Waals surface area contributed by atoms with E-state index < -0.39 is 0 Å². The number of thiazole rings is 1. The van der Waals surface area contributed by atoms with Crippen LogP contribution in [0.1, 0.15) is 53.9 Å². The Morgan fingerprint density at radius 3 is 3.00 bits per heavy atom. The lowest BCUT2D eigenvalue weighted by molar-refractivity contribution is -0.123. The van der Waals surface area contributed by atoms with Crippen LogP contribution in [-0.4, -0.2) is 26.7 Å². The summed E-state index contributed by atoms with van der Waals surface area (Å²) >= 11 is 1.55. The number of aryl methyl sites for hydroxylation is 1. The van der Waals surface area contributed by atoms with Gasteiger partial charge in [0.2, 0.25) is 5.91 Å². The van der Waals surface area contributed by atoms with E-state index in [1.54, 1.807) is 17.5 Å². The summed E-state index contributed by atoms with van der Waals surface area (Å²) in [6, 6.07) is 8.24. The van der Waals surface area contributed by atoms with Crippen LogP contribution in [-0.2, 0) is 24.3 Å². The van der Waals surface area contributed by atoms with Crippen LogP contribution < -0.4 is 10.6 Å². The number of nitrogens with zero attached hydrogens (tertiary/aromatic N) is 3. The Bertz CT molecular complexity index is 1260. The number of amides is 1. The van der Waals surface area contributed by atoms with Gasteiger partial charge in [-0.1, -0.05) is 31.1 Å². The fourth-order valence-electron chi connectivity index (χ4n) is 4.78. The van der Waals surface area contributed by atoms with Crippen LogP contribution in [0.15, 0.2) is 46.6 Å². The van der Waals surface area contributed by atoms with Gasteiger partial charge in [-0.25, -0.2) is 4.98 Å². The molecule has 1 aliphatic heterocycles. The first-order chi connectivity index (χ1) is 16.0. The van der Waals surface area contributed by atoms with Crippen molar-refractivity contribution >= 4 is 28.1 Å². The summed E-state index contributed by atoms with van der Waals surface area (Å²) < 4.78 is 7.50. The lowest BCUT2D eigenvalue weighted by Crippen LogP contribution is -2.46. The predicted octanol–water partition coefficient (Wildman–Crippen LogP) is 4.36. The standard InChI is InChI=1S/C25H29N5O2S/c1-15(2)9-20-19-5-4-6-22-24(19)17(13-30(22)14-18-10-16(3)32-29-18)11-21(28-20)25(31)27-12-23-26-7-8-33-23/h4-8,10,13,15,20-21,28H,9,11-12,14H2,1-3H3,(H,27,31)/t20-,21-/m0/s1. The summed E-state index contributed by atoms with van der Waals surface area (Å²) in [5, 5.41) is 15.0. The minimum absolute atomic E-state index is 0.0137. The van der Waals surface area contributed by atoms with Crippen molar-refractivity contribution in [3.8, 4) is 0 Å². The molecule has 4 aromatic rings. The van der Waals surface area contributed by atoms with E-state index in [1.807, 2.05) is 18.4 Å². The van der Waals surface area contributed by atoms with E-state index in [0.29, 0.717) is 25.4 Å². The summed E-state index contributed by atoms with van der Waals surface area (Å²) in [6.45, 7) is 7.45. The second-order valence-corrected chi connectivity index (χ2v) is 10.2. The van der Waals surface area contributed by atoms with Crippen LogP contribution in [0.4, 0.5) is 0 Å². The number of carbonyl (C=O) groups is 1. The second kappa shape index (κ2) is 9.11. The van der Waals surface area contributed by atoms with Crippen molar-refractivity contribution < 1.29 is 9.32 Å². The predicted molar refractivity (Wildman–Crippen MR) is 129 cm³/mol. The molecule has 0 fully saturated rings. The Morgan fingerprint density at radius 2 is 2.27 bits per heavy atom. The van der Waals surface area contributed by atoms with Gasteiger partial charge < -0.3 is 14.4 Å². The number of carbonyl (C=O) groups excluding carboxylic acids is 1. The highest BCUT2D eigenvalue weighted by atomic mass is 32.1. The monoisotopic (exact) mass is 463 g/mol. The lowest BCUT2D eigenvalue weighted by atomic mass is 9.94. The quantitative estimate of drug-likeness (QED) is 0.425. The molecule has 1 aliphatic rings. The third-order valence-corrected chi connectivity index (χ3v) is 6.93. The van der Waals surface area contributed by atoms with Gasteiger partial charge in [0.05, 0.1) is 19.1 Å². The molecule has 0 saturated heterocycles. The normalized spacial score (nSPS) is 18.1. The molecule has 0 aliphatic carbocycles. The van der Waals surface area contributed by atoms with Gasteiger partial charge in [-0.15, -0.1) is 11.3 Å². The fraction of sp³-hybridized carbons (Fsp3) is 0.400. The van der Waals surface area contributed by atoms with Crippen LogP contribution in [0.25, 0.3) is 10.9 Å². The van der Waals surface area contributed by atoms with Gasteiger partial charge in [-0.3, -0.25) is 10.1 Å². The van der Waals surface area contributed by atoms with E-state index in [0.717, 1.165) is 22.9 Å². The van der Waals surface area contributed by atoms with Crippen molar-refractivity contribution in [2.75, 3.05) is 0 Å². The number of rotatable bonds is 7. The molecule has 3 aromatic heterocycles. The Morgan fingerprint density at radius 1 is 1.39 bits per heavy atom. The van der Waals surface area contributed by atoms with Crippen LogP contribution in [0.2, 0.25) is 0 Å². The van der Waals surface area contributed by atoms with Crippen molar-refractivity contribution in [3.05, 3.63) is 69.6 Å². The van der Waals surface area contributed by atoms with E-state index >= 15 is 0 Å². The molecule has 2 atom stereocenters. The van der Waals surface area contributed by atoms with Crippen molar-refractivity contribution in [3.63, 3.8) is 0 Å². The zero-order valence-corrected chi connectivity index (χ0v) is 20.0. The van der Waals surface area contributed by atoms with E-state index in [2.05, 4.69) is 63.6 Å². The van der Waals surface area contributed by atoms with Gasteiger partial charge in [0.1, 0.15) is 16.5 Å². The molecule has 0 unspecified atom stereocenters. The number of hydrogen-bond donors (Lipinski definition) is 2. The Labute approximate surface area is 197 Å². The average molecular weight is 464 g/mol. The van der Waals surface area contributed by atoms with Gasteiger partial charge in [0, 0.05) is 40.8 Å². The Kier molecular flexibility index (Phi) is 6.03. The van der Waals surface area contributed by atoms with Gasteiger partial charge >= 0.3 is 0 Å². The topological polar surface area (TPSA) is 85.0 Å². The lowest BCUT2D eigenvalue weighted by Gasteiger charge is -2.25. The SMILES string of the molecule is Cc1cc(Cn2cc3c4c(cccc42)[C@H](CC(C)C)N[C@H](C(=O)NCc2nccs2)C3)no1. The highest BCUT2D eigenvalue weighted by molar-refractivity contribution is 7.09. The largest absolute Gasteiger partial charge is 0.361 e. The minimum atomic E-state index is -0.311. The highest BCUT2D eigenvalue weighted by Crippen LogP contribution is 2.36. The van der Waals surface area contributed by atoms with E-state index in [1.165, 1.54) is 22.0 Å². The molecule has 4 heterocycles. The van der Waals surface area contributed by atoms with Crippen LogP contribution in [0.3, 0.4) is 0 Å². The third kappa shape index (κ3) is 4.58. The molecule has 0 bridgehead atoms. The van der Waals surface area contributed by atoms with Crippen molar-refractivity contribution in [1.29, 1.82) is 0 Å². The van der Waals surface area contributed by atoms with Crippen molar-refractivity contribution in [2.45, 2.75) is 58.8 Å². The molecule has 33 heavy (non-hydrogen) atoms. The molecule has 7 nitrogen and oxygen atoms in total. The molecule has 0 radical (unpaired) electrons. The molecule has 8 heteroatoms. The number of nitrogens with one attached hydrogen (secondary N) is 2. The van der Waals surface area contributed by atoms with E-state index in [4.69, 9.17) is 4.52 Å². The minimum Gasteiger partial charge on any atom is -0.361 e. The average Bonchev–Trinajstić information content (AvgIpc) is 3.50. The smallest absolute Gasteiger partial charge is 0.237 e. The van der Waals surface area contributed by atoms with Crippen LogP contribution >= 0.6 is 11.3 Å². The zero-order valence-electron chi connectivity index (χ0n) is 19.2. The van der Waals surface area contributed by atoms with Crippen LogP contribution in [0.5, 0.6) is 0 Å². The van der Waals surface area contributed by atoms with Crippen molar-refractivity contribution in [2.24, 2.45) is 5.92 Å². The molecule has 2 N–H and O–H groups in total. The van der Waals surface area contributed by atoms with Gasteiger partial charge in [0.25, 0.3) is 0 Å². The maximum absolute atomic E-state index is 13.2. The van der Waals surface area contributed by atoms with Gasteiger partial charge in [-0.2, -0.15) is 0 Å². The van der Waals surface area contributed by atoms with Gasteiger partial charge in [-0.05, 0) is 42.9 Å². The van der Waals surface area contributed by atoms with Gasteiger partial charge in [0.15, 0.2) is 0 Å². The number of benzene rings is 1. The first-order valence-corrected chi connectivity index (χ1v) is 12.3. The maximum atomic E-state index is 13.2. The second-order valence-electron chi connectivity index (χ2n) is 9.20. The summed E-state index contributed by atoms with van der Waals surface area (Å²) in [4.78, 5) is 17.5. The molecule has 172 valence electrons. The Balaban J connectivity index is 1.49. The molecule has 1 amide bonds. The summed E-state index contributed by atoms with van der Waals surface area (Å²) in [5.74, 6) is 1.32. The summed E-state index contributed by atoms with van der Waals surface area (Å²) in [5.41, 5.74) is 4.52. The first kappa shape index (κ1) is 21.9. The molecule has 0 spiro atoms. The highest BCUT2D eigenvalue weighted by Gasteiger charge is 2.31. The molecule has 1 aromatic carbocycles. The summed E-state index contributed by atoms with van der Waals surface area (Å²) in [7, 11) is 0. The Hall–Kier alpha value is -2.97. The number of aromatic nitrogens is 3. The molecule has 5 rings (SSSR count). The maximum Gasteiger partial charge on any atom is 0.237 e. The van der Waals surface area contributed by atoms with E-state index in [9.17, 15) is 4.79 Å². The third-order valence-electron chi connectivity index (χ3n) is 6.15.